The van der Waals surface area contributed by atoms with Gasteiger partial charge in [-0.1, -0.05) is 30.3 Å². The Morgan fingerprint density at radius 3 is 2.49 bits per heavy atom. The number of benzene rings is 3. The van der Waals surface area contributed by atoms with Crippen LogP contribution in [0.2, 0.25) is 0 Å². The maximum atomic E-state index is 14.1. The largest absolute Gasteiger partial charge is 0.459 e. The highest BCUT2D eigenvalue weighted by Gasteiger charge is 2.45. The second-order valence-electron chi connectivity index (χ2n) is 14.0. The maximum absolute atomic E-state index is 14.1. The monoisotopic (exact) mass is 795 g/mol. The molecule has 3 aromatic carbocycles. The number of para-hydroxylation sites is 1. The average molecular weight is 796 g/mol. The van der Waals surface area contributed by atoms with E-state index in [0.29, 0.717) is 47.5 Å². The molecule has 4 N–H and O–H groups in total. The molecule has 0 bridgehead atoms. The van der Waals surface area contributed by atoms with E-state index in [1.807, 2.05) is 30.3 Å². The Hall–Kier alpha value is -7.62. The molecule has 5 heterocycles. The van der Waals surface area contributed by atoms with Crippen molar-refractivity contribution in [1.82, 2.24) is 25.8 Å². The number of carbonyl (C=O) groups is 7. The van der Waals surface area contributed by atoms with Gasteiger partial charge in [-0.25, -0.2) is 0 Å². The van der Waals surface area contributed by atoms with E-state index < -0.39 is 53.4 Å². The van der Waals surface area contributed by atoms with Crippen LogP contribution in [0, 0.1) is 0 Å². The third-order valence-corrected chi connectivity index (χ3v) is 10.2. The van der Waals surface area contributed by atoms with Crippen LogP contribution in [0.3, 0.4) is 0 Å². The van der Waals surface area contributed by atoms with Gasteiger partial charge in [0.15, 0.2) is 5.76 Å². The molecule has 298 valence electrons. The molecule has 59 heavy (non-hydrogen) atoms. The fraction of sp³-hybridized carbons (Fsp3) is 0.209. The number of piperidine rings is 1. The standard InChI is InChI=1S/C43H37N7O9/c51-35-17-16-31(39(53)48-35)50-41(55)29-10-5-11-30(37(29)43(50)57)45-19-3-4-20-46-36(52)24-47-40(54)38(25-8-6-18-44-23-25)49(42(56)33-13-7-21-58-33)26-14-15-28-27-9-1-2-12-32(27)59-34(28)22-26/h1-2,5-15,18,21-23,31,38,45H,3-4,16-17,19-20,24H2,(H,46,52)(H,47,54)(H,48,51,53). The Balaban J connectivity index is 0.893. The molecule has 2 atom stereocenters. The van der Waals surface area contributed by atoms with E-state index in [4.69, 9.17) is 8.83 Å². The first-order valence-corrected chi connectivity index (χ1v) is 19.0. The summed E-state index contributed by atoms with van der Waals surface area (Å²) in [5, 5.41) is 12.6. The van der Waals surface area contributed by atoms with Crippen molar-refractivity contribution < 1.29 is 42.4 Å². The molecule has 0 spiro atoms. The number of pyridine rings is 1. The van der Waals surface area contributed by atoms with E-state index >= 15 is 0 Å². The van der Waals surface area contributed by atoms with Crippen LogP contribution in [0.25, 0.3) is 21.9 Å². The molecule has 2 aliphatic heterocycles. The van der Waals surface area contributed by atoms with Crippen molar-refractivity contribution in [3.05, 3.63) is 126 Å². The summed E-state index contributed by atoms with van der Waals surface area (Å²) in [6.07, 6.45) is 5.57. The van der Waals surface area contributed by atoms with Gasteiger partial charge < -0.3 is 24.8 Å². The molecule has 2 aliphatic rings. The number of furan rings is 2. The second-order valence-corrected chi connectivity index (χ2v) is 14.0. The average Bonchev–Trinajstić information content (AvgIpc) is 3.98. The van der Waals surface area contributed by atoms with Gasteiger partial charge in [-0.3, -0.25) is 53.7 Å². The highest BCUT2D eigenvalue weighted by atomic mass is 16.3. The molecule has 6 aromatic rings. The number of nitrogens with zero attached hydrogens (tertiary/aromatic N) is 3. The summed E-state index contributed by atoms with van der Waals surface area (Å²) >= 11 is 0. The predicted molar refractivity (Wildman–Crippen MR) is 213 cm³/mol. The molecule has 2 unspecified atom stereocenters. The Morgan fingerprint density at radius 2 is 1.69 bits per heavy atom. The number of hydrogen-bond acceptors (Lipinski definition) is 11. The van der Waals surface area contributed by atoms with Crippen molar-refractivity contribution in [3.8, 4) is 0 Å². The van der Waals surface area contributed by atoms with Gasteiger partial charge in [0.2, 0.25) is 23.6 Å². The van der Waals surface area contributed by atoms with Crippen molar-refractivity contribution in [2.24, 2.45) is 0 Å². The Kier molecular flexibility index (Phi) is 10.7. The van der Waals surface area contributed by atoms with Gasteiger partial charge in [-0.15, -0.1) is 0 Å². The van der Waals surface area contributed by atoms with Gasteiger partial charge in [0, 0.05) is 65.7 Å². The van der Waals surface area contributed by atoms with Crippen LogP contribution in [0.15, 0.2) is 112 Å². The molecule has 1 saturated heterocycles. The van der Waals surface area contributed by atoms with E-state index in [9.17, 15) is 33.6 Å². The number of amides is 7. The SMILES string of the molecule is O=C(CNC(=O)C(c1cccnc1)N(C(=O)c1ccco1)c1ccc2c(c1)oc1ccccc12)NCCCCNc1cccc2c1C(=O)N(C1CCC(=O)NC1=O)C2=O. The van der Waals surface area contributed by atoms with E-state index in [2.05, 4.69) is 26.3 Å². The lowest BCUT2D eigenvalue weighted by Gasteiger charge is -2.30. The van der Waals surface area contributed by atoms with Gasteiger partial charge in [0.25, 0.3) is 17.7 Å². The van der Waals surface area contributed by atoms with E-state index in [-0.39, 0.29) is 42.8 Å². The zero-order valence-electron chi connectivity index (χ0n) is 31.4. The number of carbonyl (C=O) groups excluding carboxylic acids is 7. The highest BCUT2D eigenvalue weighted by molar-refractivity contribution is 6.25. The number of nitrogens with one attached hydrogen (secondary N) is 4. The molecule has 16 heteroatoms. The van der Waals surface area contributed by atoms with E-state index in [1.54, 1.807) is 48.7 Å². The third kappa shape index (κ3) is 7.62. The first-order chi connectivity index (χ1) is 28.7. The van der Waals surface area contributed by atoms with Crippen molar-refractivity contribution in [2.75, 3.05) is 29.9 Å². The summed E-state index contributed by atoms with van der Waals surface area (Å²) in [4.78, 5) is 98.2. The Labute approximate surface area is 335 Å². The van der Waals surface area contributed by atoms with E-state index in [1.165, 1.54) is 29.5 Å². The molecule has 0 aliphatic carbocycles. The highest BCUT2D eigenvalue weighted by Crippen LogP contribution is 2.36. The minimum absolute atomic E-state index is 0.00503. The van der Waals surface area contributed by atoms with Gasteiger partial charge in [-0.2, -0.15) is 0 Å². The van der Waals surface area contributed by atoms with Crippen molar-refractivity contribution in [1.29, 1.82) is 0 Å². The number of fused-ring (bicyclic) bond motifs is 4. The summed E-state index contributed by atoms with van der Waals surface area (Å²) in [6, 6.07) is 21.7. The van der Waals surface area contributed by atoms with Crippen molar-refractivity contribution >= 4 is 74.7 Å². The lowest BCUT2D eigenvalue weighted by atomic mass is 10.0. The molecule has 8 rings (SSSR count). The summed E-state index contributed by atoms with van der Waals surface area (Å²) in [6.45, 7) is 0.293. The topological polar surface area (TPSA) is 213 Å². The van der Waals surface area contributed by atoms with Crippen LogP contribution >= 0.6 is 0 Å². The molecule has 0 saturated carbocycles. The van der Waals surface area contributed by atoms with Crippen LogP contribution in [-0.2, 0) is 19.2 Å². The van der Waals surface area contributed by atoms with Gasteiger partial charge in [-0.05, 0) is 67.8 Å². The summed E-state index contributed by atoms with van der Waals surface area (Å²) in [5.74, 6) is -4.03. The first kappa shape index (κ1) is 38.3. The van der Waals surface area contributed by atoms with Crippen LogP contribution in [0.1, 0.15) is 68.6 Å². The smallest absolute Gasteiger partial charge is 0.294 e. The van der Waals surface area contributed by atoms with E-state index in [0.717, 1.165) is 15.7 Å². The quantitative estimate of drug-likeness (QED) is 0.0891. The minimum atomic E-state index is -1.26. The van der Waals surface area contributed by atoms with Crippen LogP contribution < -0.4 is 26.2 Å². The predicted octanol–water partition coefficient (Wildman–Crippen LogP) is 4.49. The van der Waals surface area contributed by atoms with Gasteiger partial charge in [0.05, 0.1) is 23.9 Å². The van der Waals surface area contributed by atoms with Crippen LogP contribution in [0.4, 0.5) is 11.4 Å². The first-order valence-electron chi connectivity index (χ1n) is 19.0. The van der Waals surface area contributed by atoms with Crippen LogP contribution in [0.5, 0.6) is 0 Å². The fourth-order valence-corrected chi connectivity index (χ4v) is 7.41. The molecule has 16 nitrogen and oxygen atoms in total. The van der Waals surface area contributed by atoms with Gasteiger partial charge in [0.1, 0.15) is 23.2 Å². The lowest BCUT2D eigenvalue weighted by molar-refractivity contribution is -0.136. The molecule has 0 radical (unpaired) electrons. The van der Waals surface area contributed by atoms with Gasteiger partial charge >= 0.3 is 0 Å². The van der Waals surface area contributed by atoms with Crippen LogP contribution in [-0.4, -0.2) is 76.9 Å². The number of anilines is 2. The zero-order valence-corrected chi connectivity index (χ0v) is 31.4. The zero-order chi connectivity index (χ0) is 41.0. The molecule has 1 fully saturated rings. The summed E-state index contributed by atoms with van der Waals surface area (Å²) in [5.41, 5.74) is 2.68. The number of aromatic nitrogens is 1. The molecule has 7 amide bonds. The normalized spacial score (nSPS) is 15.5. The van der Waals surface area contributed by atoms with Crippen molar-refractivity contribution in [3.63, 3.8) is 0 Å². The summed E-state index contributed by atoms with van der Waals surface area (Å²) in [7, 11) is 0. The molecular formula is C43H37N7O9. The second kappa shape index (κ2) is 16.5. The molecule has 3 aromatic heterocycles. The number of hydrogen-bond donors (Lipinski definition) is 4. The molecular weight excluding hydrogens is 759 g/mol. The number of unbranched alkanes of at least 4 members (excludes halogenated alkanes) is 1. The Morgan fingerprint density at radius 1 is 0.864 bits per heavy atom. The lowest BCUT2D eigenvalue weighted by Crippen LogP contribution is -2.54. The fourth-order valence-electron chi connectivity index (χ4n) is 7.41. The maximum Gasteiger partial charge on any atom is 0.294 e. The Bertz CT molecular complexity index is 2620. The third-order valence-electron chi connectivity index (χ3n) is 10.2. The number of imide groups is 2. The minimum Gasteiger partial charge on any atom is -0.459 e. The summed E-state index contributed by atoms with van der Waals surface area (Å²) < 4.78 is 11.6. The number of rotatable bonds is 14. The van der Waals surface area contributed by atoms with Crippen molar-refractivity contribution in [2.45, 2.75) is 37.8 Å².